The summed E-state index contributed by atoms with van der Waals surface area (Å²) in [4.78, 5) is 24.4. The van der Waals surface area contributed by atoms with E-state index in [-0.39, 0.29) is 24.2 Å². The molecule has 5 nitrogen and oxygen atoms in total. The number of likely N-dealkylation sites (tertiary alicyclic amines) is 1. The Morgan fingerprint density at radius 1 is 1.38 bits per heavy atom. The van der Waals surface area contributed by atoms with Crippen molar-refractivity contribution >= 4 is 27.8 Å². The fraction of sp³-hybridized carbons (Fsp3) is 0.429. The molecule has 1 N–H and O–H groups in total. The zero-order valence-corrected chi connectivity index (χ0v) is 12.8. The summed E-state index contributed by atoms with van der Waals surface area (Å²) in [5, 5.41) is 8.90. The van der Waals surface area contributed by atoms with Crippen LogP contribution in [0, 0.1) is 11.7 Å². The van der Waals surface area contributed by atoms with Gasteiger partial charge in [0.2, 0.25) is 0 Å². The number of piperidine rings is 1. The highest BCUT2D eigenvalue weighted by molar-refractivity contribution is 9.10. The van der Waals surface area contributed by atoms with Crippen molar-refractivity contribution in [2.24, 2.45) is 5.92 Å². The van der Waals surface area contributed by atoms with Crippen LogP contribution in [0.1, 0.15) is 12.8 Å². The van der Waals surface area contributed by atoms with Crippen molar-refractivity contribution in [3.8, 4) is 5.75 Å². The van der Waals surface area contributed by atoms with Crippen LogP contribution in [0.15, 0.2) is 22.7 Å². The minimum atomic E-state index is -0.818. The van der Waals surface area contributed by atoms with Crippen molar-refractivity contribution in [2.45, 2.75) is 12.8 Å². The third-order valence-corrected chi connectivity index (χ3v) is 4.10. The topological polar surface area (TPSA) is 66.8 Å². The second kappa shape index (κ2) is 6.89. The SMILES string of the molecule is O=C(O)C1CCN(C(=O)COc2cc(F)ccc2Br)CC1. The molecule has 0 radical (unpaired) electrons. The van der Waals surface area contributed by atoms with E-state index in [1.807, 2.05) is 0 Å². The number of nitrogens with zero attached hydrogens (tertiary/aromatic N) is 1. The molecule has 21 heavy (non-hydrogen) atoms. The molecule has 1 heterocycles. The monoisotopic (exact) mass is 359 g/mol. The molecule has 1 amide bonds. The van der Waals surface area contributed by atoms with E-state index in [2.05, 4.69) is 15.9 Å². The smallest absolute Gasteiger partial charge is 0.306 e. The van der Waals surface area contributed by atoms with Crippen LogP contribution < -0.4 is 4.74 Å². The summed E-state index contributed by atoms with van der Waals surface area (Å²) in [6.07, 6.45) is 0.898. The second-order valence-electron chi connectivity index (χ2n) is 4.86. The summed E-state index contributed by atoms with van der Waals surface area (Å²) in [6.45, 7) is 0.618. The Hall–Kier alpha value is -1.63. The Balaban J connectivity index is 1.85. The number of carbonyl (C=O) groups is 2. The number of ether oxygens (including phenoxy) is 1. The van der Waals surface area contributed by atoms with Crippen molar-refractivity contribution in [2.75, 3.05) is 19.7 Å². The summed E-state index contributed by atoms with van der Waals surface area (Å²) in [5.74, 6) is -1.60. The van der Waals surface area contributed by atoms with E-state index in [1.165, 1.54) is 18.2 Å². The standard InChI is InChI=1S/C14H15BrFNO4/c15-11-2-1-10(16)7-12(11)21-8-13(18)17-5-3-9(4-6-17)14(19)20/h1-2,7,9H,3-6,8H2,(H,19,20). The maximum absolute atomic E-state index is 13.1. The largest absolute Gasteiger partial charge is 0.482 e. The van der Waals surface area contributed by atoms with Crippen LogP contribution in [0.4, 0.5) is 4.39 Å². The van der Waals surface area contributed by atoms with Gasteiger partial charge < -0.3 is 14.7 Å². The quantitative estimate of drug-likeness (QED) is 0.895. The molecule has 1 aliphatic heterocycles. The molecule has 0 atom stereocenters. The molecule has 1 aliphatic rings. The molecule has 2 rings (SSSR count). The average molecular weight is 360 g/mol. The highest BCUT2D eigenvalue weighted by Gasteiger charge is 2.27. The fourth-order valence-electron chi connectivity index (χ4n) is 2.19. The molecule has 0 aliphatic carbocycles. The molecule has 7 heteroatoms. The summed E-state index contributed by atoms with van der Waals surface area (Å²) >= 11 is 3.22. The Kier molecular flexibility index (Phi) is 5.17. The third-order valence-electron chi connectivity index (χ3n) is 3.44. The molecule has 1 aromatic carbocycles. The van der Waals surface area contributed by atoms with Crippen LogP contribution in [-0.4, -0.2) is 41.6 Å². The van der Waals surface area contributed by atoms with Gasteiger partial charge in [-0.25, -0.2) is 4.39 Å². The number of hydrogen-bond acceptors (Lipinski definition) is 3. The molecule has 0 aromatic heterocycles. The number of hydrogen-bond donors (Lipinski definition) is 1. The van der Waals surface area contributed by atoms with E-state index in [0.717, 1.165) is 0 Å². The summed E-state index contributed by atoms with van der Waals surface area (Å²) in [7, 11) is 0. The highest BCUT2D eigenvalue weighted by Crippen LogP contribution is 2.25. The van der Waals surface area contributed by atoms with Crippen molar-refractivity contribution in [1.29, 1.82) is 0 Å². The molecule has 1 saturated heterocycles. The van der Waals surface area contributed by atoms with Gasteiger partial charge in [-0.15, -0.1) is 0 Å². The lowest BCUT2D eigenvalue weighted by molar-refractivity contribution is -0.146. The highest BCUT2D eigenvalue weighted by atomic mass is 79.9. The maximum atomic E-state index is 13.1. The first-order valence-electron chi connectivity index (χ1n) is 6.56. The number of carbonyl (C=O) groups excluding carboxylic acids is 1. The molecular formula is C14H15BrFNO4. The average Bonchev–Trinajstić information content (AvgIpc) is 2.48. The van der Waals surface area contributed by atoms with E-state index in [1.54, 1.807) is 4.90 Å². The Morgan fingerprint density at radius 3 is 2.67 bits per heavy atom. The molecule has 114 valence electrons. The first kappa shape index (κ1) is 15.8. The zero-order chi connectivity index (χ0) is 15.4. The van der Waals surface area contributed by atoms with E-state index >= 15 is 0 Å². The van der Waals surface area contributed by atoms with Gasteiger partial charge in [0.05, 0.1) is 10.4 Å². The normalized spacial score (nSPS) is 15.8. The zero-order valence-electron chi connectivity index (χ0n) is 11.2. The van der Waals surface area contributed by atoms with E-state index in [0.29, 0.717) is 30.4 Å². The summed E-state index contributed by atoms with van der Waals surface area (Å²) < 4.78 is 19.0. The minimum Gasteiger partial charge on any atom is -0.482 e. The summed E-state index contributed by atoms with van der Waals surface area (Å²) in [5.41, 5.74) is 0. The van der Waals surface area contributed by atoms with Crippen molar-refractivity contribution < 1.29 is 23.8 Å². The first-order valence-corrected chi connectivity index (χ1v) is 7.35. The van der Waals surface area contributed by atoms with Crippen LogP contribution >= 0.6 is 15.9 Å². The van der Waals surface area contributed by atoms with Gasteiger partial charge in [0.1, 0.15) is 11.6 Å². The Morgan fingerprint density at radius 2 is 2.05 bits per heavy atom. The van der Waals surface area contributed by atoms with Gasteiger partial charge >= 0.3 is 5.97 Å². The number of rotatable bonds is 4. The number of halogens is 2. The third kappa shape index (κ3) is 4.17. The van der Waals surface area contributed by atoms with Crippen LogP contribution in [0.5, 0.6) is 5.75 Å². The van der Waals surface area contributed by atoms with Gasteiger partial charge in [-0.3, -0.25) is 9.59 Å². The lowest BCUT2D eigenvalue weighted by Gasteiger charge is -2.30. The molecule has 1 fully saturated rings. The Bertz CT molecular complexity index is 544. The lowest BCUT2D eigenvalue weighted by Crippen LogP contribution is -2.42. The maximum Gasteiger partial charge on any atom is 0.306 e. The minimum absolute atomic E-state index is 0.195. The number of carboxylic acid groups (broad SMARTS) is 1. The molecule has 0 saturated carbocycles. The van der Waals surface area contributed by atoms with E-state index < -0.39 is 11.8 Å². The van der Waals surface area contributed by atoms with Crippen molar-refractivity contribution in [1.82, 2.24) is 4.90 Å². The first-order chi connectivity index (χ1) is 9.97. The summed E-state index contributed by atoms with van der Waals surface area (Å²) in [6, 6.07) is 4.00. The predicted molar refractivity (Wildman–Crippen MR) is 76.5 cm³/mol. The van der Waals surface area contributed by atoms with Crippen LogP contribution in [0.2, 0.25) is 0 Å². The number of amides is 1. The van der Waals surface area contributed by atoms with Crippen LogP contribution in [0.25, 0.3) is 0 Å². The Labute approximate surface area is 129 Å². The van der Waals surface area contributed by atoms with Gasteiger partial charge in [-0.2, -0.15) is 0 Å². The lowest BCUT2D eigenvalue weighted by atomic mass is 9.97. The van der Waals surface area contributed by atoms with Crippen LogP contribution in [-0.2, 0) is 9.59 Å². The van der Waals surface area contributed by atoms with Gasteiger partial charge in [0.15, 0.2) is 6.61 Å². The fourth-order valence-corrected chi connectivity index (χ4v) is 2.56. The molecule has 0 spiro atoms. The van der Waals surface area contributed by atoms with Crippen LogP contribution in [0.3, 0.4) is 0 Å². The van der Waals surface area contributed by atoms with E-state index in [4.69, 9.17) is 9.84 Å². The number of benzene rings is 1. The van der Waals surface area contributed by atoms with Gasteiger partial charge in [0, 0.05) is 19.2 Å². The second-order valence-corrected chi connectivity index (χ2v) is 5.71. The predicted octanol–water partition coefficient (Wildman–Crippen LogP) is 2.29. The van der Waals surface area contributed by atoms with Gasteiger partial charge in [0.25, 0.3) is 5.91 Å². The van der Waals surface area contributed by atoms with Crippen molar-refractivity contribution in [3.05, 3.63) is 28.5 Å². The molecular weight excluding hydrogens is 345 g/mol. The number of aliphatic carboxylic acids is 1. The molecule has 1 aromatic rings. The van der Waals surface area contributed by atoms with E-state index in [9.17, 15) is 14.0 Å². The number of carboxylic acids is 1. The van der Waals surface area contributed by atoms with Gasteiger partial charge in [-0.05, 0) is 40.9 Å². The molecule has 0 bridgehead atoms. The van der Waals surface area contributed by atoms with Crippen molar-refractivity contribution in [3.63, 3.8) is 0 Å². The van der Waals surface area contributed by atoms with Gasteiger partial charge in [-0.1, -0.05) is 0 Å². The molecule has 0 unspecified atom stereocenters.